The molecule has 0 bridgehead atoms. The van der Waals surface area contributed by atoms with Crippen LogP contribution in [0.3, 0.4) is 0 Å². The number of fused-ring (bicyclic) bond motifs is 1. The van der Waals surface area contributed by atoms with Crippen LogP contribution in [0.25, 0.3) is 27.7 Å². The third kappa shape index (κ3) is 4.24. The largest absolute Gasteiger partial charge is 0.291 e. The van der Waals surface area contributed by atoms with Crippen molar-refractivity contribution in [3.8, 4) is 16.9 Å². The summed E-state index contributed by atoms with van der Waals surface area (Å²) < 4.78 is 1.83. The molecule has 5 heteroatoms. The highest BCUT2D eigenvalue weighted by Crippen LogP contribution is 2.31. The minimum Gasteiger partial charge on any atom is -0.265 e. The maximum absolute atomic E-state index is 13.0. The summed E-state index contributed by atoms with van der Waals surface area (Å²) in [4.78, 5) is 13.0. The van der Waals surface area contributed by atoms with Gasteiger partial charge in [0.25, 0.3) is 5.91 Å². The van der Waals surface area contributed by atoms with Crippen LogP contribution in [0, 0.1) is 13.8 Å². The van der Waals surface area contributed by atoms with Gasteiger partial charge in [-0.15, -0.1) is 0 Å². The third-order valence-electron chi connectivity index (χ3n) is 5.81. The Morgan fingerprint density at radius 3 is 2.50 bits per heavy atom. The molecule has 1 aromatic heterocycles. The SMILES string of the molecule is Cc1cccc(-n2nc(C(=O)N/N=C\c3ccccc3C)cc2-c2cccc3ccccc23)c1. The number of nitrogens with zero attached hydrogens (tertiary/aromatic N) is 3. The summed E-state index contributed by atoms with van der Waals surface area (Å²) in [5.41, 5.74) is 8.82. The fourth-order valence-corrected chi connectivity index (χ4v) is 4.04. The highest BCUT2D eigenvalue weighted by Gasteiger charge is 2.18. The first-order valence-electron chi connectivity index (χ1n) is 11.1. The molecule has 0 fully saturated rings. The van der Waals surface area contributed by atoms with Crippen molar-refractivity contribution in [3.05, 3.63) is 119 Å². The van der Waals surface area contributed by atoms with Gasteiger partial charge in [-0.3, -0.25) is 4.79 Å². The van der Waals surface area contributed by atoms with Gasteiger partial charge >= 0.3 is 0 Å². The zero-order valence-corrected chi connectivity index (χ0v) is 19.1. The van der Waals surface area contributed by atoms with Gasteiger partial charge in [-0.05, 0) is 59.5 Å². The maximum atomic E-state index is 13.0. The quantitative estimate of drug-likeness (QED) is 0.264. The van der Waals surface area contributed by atoms with Crippen molar-refractivity contribution in [2.75, 3.05) is 0 Å². The predicted molar refractivity (Wildman–Crippen MR) is 137 cm³/mol. The van der Waals surface area contributed by atoms with Gasteiger partial charge in [0.15, 0.2) is 5.69 Å². The molecular formula is C29H24N4O. The van der Waals surface area contributed by atoms with Crippen molar-refractivity contribution in [2.24, 2.45) is 5.10 Å². The van der Waals surface area contributed by atoms with Gasteiger partial charge in [0, 0.05) is 5.56 Å². The molecule has 1 N–H and O–H groups in total. The van der Waals surface area contributed by atoms with Gasteiger partial charge in [0.2, 0.25) is 0 Å². The first kappa shape index (κ1) is 21.3. The molecule has 0 radical (unpaired) electrons. The van der Waals surface area contributed by atoms with E-state index in [9.17, 15) is 4.79 Å². The van der Waals surface area contributed by atoms with E-state index in [-0.39, 0.29) is 5.91 Å². The molecule has 0 aliphatic rings. The Kier molecular flexibility index (Phi) is 5.75. The highest BCUT2D eigenvalue weighted by molar-refractivity contribution is 5.99. The molecule has 5 nitrogen and oxygen atoms in total. The number of hydrazone groups is 1. The minimum absolute atomic E-state index is 0.298. The lowest BCUT2D eigenvalue weighted by atomic mass is 10.0. The van der Waals surface area contributed by atoms with Gasteiger partial charge in [-0.25, -0.2) is 10.1 Å². The summed E-state index contributed by atoms with van der Waals surface area (Å²) in [7, 11) is 0. The fourth-order valence-electron chi connectivity index (χ4n) is 4.04. The molecule has 5 aromatic rings. The second-order valence-electron chi connectivity index (χ2n) is 8.25. The molecule has 0 saturated carbocycles. The van der Waals surface area contributed by atoms with Crippen LogP contribution in [0.1, 0.15) is 27.2 Å². The summed E-state index contributed by atoms with van der Waals surface area (Å²) in [5, 5.41) is 11.1. The number of carbonyl (C=O) groups excluding carboxylic acids is 1. The maximum Gasteiger partial charge on any atom is 0.291 e. The number of aryl methyl sites for hydroxylation is 2. The summed E-state index contributed by atoms with van der Waals surface area (Å²) in [6.07, 6.45) is 1.65. The topological polar surface area (TPSA) is 59.3 Å². The van der Waals surface area contributed by atoms with Gasteiger partial charge in [0.1, 0.15) is 0 Å². The average Bonchev–Trinajstić information content (AvgIpc) is 3.30. The van der Waals surface area contributed by atoms with Crippen molar-refractivity contribution in [1.29, 1.82) is 0 Å². The van der Waals surface area contributed by atoms with E-state index in [1.54, 1.807) is 6.21 Å². The summed E-state index contributed by atoms with van der Waals surface area (Å²) in [6.45, 7) is 4.04. The first-order valence-corrected chi connectivity index (χ1v) is 11.1. The molecule has 0 unspecified atom stereocenters. The molecule has 0 aliphatic carbocycles. The predicted octanol–water partition coefficient (Wildman–Crippen LogP) is 6.07. The zero-order chi connectivity index (χ0) is 23.5. The van der Waals surface area contributed by atoms with E-state index in [2.05, 4.69) is 46.0 Å². The molecule has 0 spiro atoms. The van der Waals surface area contributed by atoms with Gasteiger partial charge in [-0.2, -0.15) is 10.2 Å². The van der Waals surface area contributed by atoms with Crippen LogP contribution in [0.2, 0.25) is 0 Å². The van der Waals surface area contributed by atoms with Crippen molar-refractivity contribution in [3.63, 3.8) is 0 Å². The molecule has 1 amide bonds. The average molecular weight is 445 g/mol. The zero-order valence-electron chi connectivity index (χ0n) is 19.1. The number of hydrogen-bond donors (Lipinski definition) is 1. The Balaban J connectivity index is 1.56. The molecule has 166 valence electrons. The minimum atomic E-state index is -0.363. The number of carbonyl (C=O) groups is 1. The van der Waals surface area contributed by atoms with Crippen molar-refractivity contribution in [2.45, 2.75) is 13.8 Å². The van der Waals surface area contributed by atoms with Crippen LogP contribution in [0.15, 0.2) is 102 Å². The molecule has 1 heterocycles. The van der Waals surface area contributed by atoms with Gasteiger partial charge in [0.05, 0.1) is 17.6 Å². The number of aromatic nitrogens is 2. The molecule has 5 rings (SSSR count). The van der Waals surface area contributed by atoms with E-state index in [1.807, 2.05) is 85.3 Å². The molecule has 0 saturated heterocycles. The van der Waals surface area contributed by atoms with E-state index < -0.39 is 0 Å². The van der Waals surface area contributed by atoms with Crippen LogP contribution in [0.4, 0.5) is 0 Å². The second kappa shape index (κ2) is 9.16. The molecule has 4 aromatic carbocycles. The Morgan fingerprint density at radius 1 is 0.882 bits per heavy atom. The van der Waals surface area contributed by atoms with Gasteiger partial charge in [-0.1, -0.05) is 78.9 Å². The molecular weight excluding hydrogens is 420 g/mol. The Labute approximate surface area is 198 Å². The number of amides is 1. The van der Waals surface area contributed by atoms with Crippen LogP contribution >= 0.6 is 0 Å². The summed E-state index contributed by atoms with van der Waals surface area (Å²) >= 11 is 0. The third-order valence-corrected chi connectivity index (χ3v) is 5.81. The van der Waals surface area contributed by atoms with E-state index in [1.165, 1.54) is 0 Å². The highest BCUT2D eigenvalue weighted by atomic mass is 16.2. The van der Waals surface area contributed by atoms with Crippen LogP contribution in [-0.2, 0) is 0 Å². The van der Waals surface area contributed by atoms with Crippen LogP contribution < -0.4 is 5.43 Å². The fraction of sp³-hybridized carbons (Fsp3) is 0.0690. The first-order chi connectivity index (χ1) is 16.6. The van der Waals surface area contributed by atoms with E-state index in [0.29, 0.717) is 5.69 Å². The lowest BCUT2D eigenvalue weighted by Crippen LogP contribution is -2.18. The summed E-state index contributed by atoms with van der Waals surface area (Å²) in [5.74, 6) is -0.363. The smallest absolute Gasteiger partial charge is 0.265 e. The van der Waals surface area contributed by atoms with E-state index in [4.69, 9.17) is 0 Å². The number of nitrogens with one attached hydrogen (secondary N) is 1. The number of benzene rings is 4. The lowest BCUT2D eigenvalue weighted by Gasteiger charge is -2.10. The molecule has 0 atom stereocenters. The van der Waals surface area contributed by atoms with Crippen LogP contribution in [-0.4, -0.2) is 21.9 Å². The normalized spacial score (nSPS) is 11.2. The standard InChI is InChI=1S/C29H24N4O/c1-20-9-7-14-24(17-20)33-28(26-16-8-13-22-11-5-6-15-25(22)26)18-27(32-33)29(34)31-30-19-23-12-4-3-10-21(23)2/h3-19H,1-2H3,(H,31,34)/b30-19-. The van der Waals surface area contributed by atoms with Crippen molar-refractivity contribution in [1.82, 2.24) is 15.2 Å². The van der Waals surface area contributed by atoms with E-state index in [0.717, 1.165) is 44.4 Å². The number of hydrogen-bond acceptors (Lipinski definition) is 3. The molecule has 0 aliphatic heterocycles. The summed E-state index contributed by atoms with van der Waals surface area (Å²) in [6, 6.07) is 32.2. The second-order valence-corrected chi connectivity index (χ2v) is 8.25. The van der Waals surface area contributed by atoms with E-state index >= 15 is 0 Å². The van der Waals surface area contributed by atoms with Gasteiger partial charge < -0.3 is 0 Å². The van der Waals surface area contributed by atoms with Crippen molar-refractivity contribution >= 4 is 22.9 Å². The lowest BCUT2D eigenvalue weighted by molar-refractivity contribution is 0.0949. The molecule has 34 heavy (non-hydrogen) atoms. The Hall–Kier alpha value is -4.51. The monoisotopic (exact) mass is 444 g/mol. The van der Waals surface area contributed by atoms with Crippen molar-refractivity contribution < 1.29 is 4.79 Å². The Bertz CT molecular complexity index is 1530. The number of rotatable bonds is 5. The Morgan fingerprint density at radius 2 is 1.65 bits per heavy atom. The van der Waals surface area contributed by atoms with Crippen LogP contribution in [0.5, 0.6) is 0 Å².